The maximum Gasteiger partial charge on any atom is 0.222 e. The maximum absolute atomic E-state index is 5.92. The van der Waals surface area contributed by atoms with Crippen molar-refractivity contribution in [3.05, 3.63) is 82.3 Å². The van der Waals surface area contributed by atoms with E-state index in [2.05, 4.69) is 31.2 Å². The molecule has 0 saturated heterocycles. The monoisotopic (exact) mass is 434 g/mol. The number of halogens is 1. The minimum Gasteiger partial charge on any atom is -0.368 e. The molecular weight excluding hydrogens is 420 g/mol. The number of para-hydroxylation sites is 1. The summed E-state index contributed by atoms with van der Waals surface area (Å²) in [7, 11) is 0. The second-order valence-corrected chi connectivity index (χ2v) is 7.36. The van der Waals surface area contributed by atoms with Crippen LogP contribution in [0.3, 0.4) is 0 Å². The number of benzene rings is 3. The highest BCUT2D eigenvalue weighted by Gasteiger charge is 2.27. The van der Waals surface area contributed by atoms with E-state index in [1.54, 1.807) is 0 Å². The first-order chi connectivity index (χ1) is 13.7. The molecule has 0 bridgehead atoms. The first-order valence-corrected chi connectivity index (χ1v) is 9.49. The predicted molar refractivity (Wildman–Crippen MR) is 111 cm³/mol. The van der Waals surface area contributed by atoms with E-state index in [0.29, 0.717) is 5.82 Å². The zero-order valence-electron chi connectivity index (χ0n) is 14.6. The number of nitrogens with one attached hydrogen (secondary N) is 1. The average molecular weight is 435 g/mol. The summed E-state index contributed by atoms with van der Waals surface area (Å²) >= 11 is 3.48. The fourth-order valence-electron chi connectivity index (χ4n) is 3.29. The Morgan fingerprint density at radius 1 is 0.964 bits per heavy atom. The van der Waals surface area contributed by atoms with Gasteiger partial charge in [0.1, 0.15) is 5.82 Å². The quantitative estimate of drug-likeness (QED) is 0.434. The zero-order chi connectivity index (χ0) is 19.1. The fraction of sp³-hybridized carbons (Fsp3) is 0.0476. The summed E-state index contributed by atoms with van der Waals surface area (Å²) in [5, 5.41) is 4.18. The van der Waals surface area contributed by atoms with Crippen LogP contribution in [0.5, 0.6) is 5.75 Å². The molecule has 3 aromatic carbocycles. The van der Waals surface area contributed by atoms with E-state index in [9.17, 15) is 0 Å². The molecule has 1 aliphatic rings. The minimum atomic E-state index is -0.308. The SMILES string of the molecule is Nc1nc(Nc2cccc(Br)c2)c2cc(C3OOc4ccccc43)ccc2n1. The molecule has 28 heavy (non-hydrogen) atoms. The van der Waals surface area contributed by atoms with E-state index in [4.69, 9.17) is 15.5 Å². The van der Waals surface area contributed by atoms with Gasteiger partial charge in [-0.2, -0.15) is 9.87 Å². The van der Waals surface area contributed by atoms with Gasteiger partial charge >= 0.3 is 0 Å². The van der Waals surface area contributed by atoms with E-state index in [1.165, 1.54) is 0 Å². The Hall–Kier alpha value is -3.16. The van der Waals surface area contributed by atoms with Crippen LogP contribution in [0.1, 0.15) is 17.2 Å². The van der Waals surface area contributed by atoms with Crippen LogP contribution in [0.4, 0.5) is 17.5 Å². The Bertz CT molecular complexity index is 1200. The van der Waals surface area contributed by atoms with E-state index < -0.39 is 0 Å². The smallest absolute Gasteiger partial charge is 0.222 e. The largest absolute Gasteiger partial charge is 0.368 e. The summed E-state index contributed by atoms with van der Waals surface area (Å²) < 4.78 is 0.970. The number of nitrogen functional groups attached to an aromatic ring is 1. The first-order valence-electron chi connectivity index (χ1n) is 8.69. The second-order valence-electron chi connectivity index (χ2n) is 6.44. The molecule has 0 fully saturated rings. The molecule has 2 heterocycles. The Kier molecular flexibility index (Phi) is 4.11. The van der Waals surface area contributed by atoms with Gasteiger partial charge < -0.3 is 15.9 Å². The van der Waals surface area contributed by atoms with Crippen LogP contribution in [0, 0.1) is 0 Å². The van der Waals surface area contributed by atoms with Gasteiger partial charge in [-0.1, -0.05) is 46.3 Å². The third-order valence-corrected chi connectivity index (χ3v) is 5.06. The van der Waals surface area contributed by atoms with Gasteiger partial charge in [-0.05, 0) is 42.0 Å². The van der Waals surface area contributed by atoms with Crippen LogP contribution in [0.2, 0.25) is 0 Å². The molecule has 4 aromatic rings. The summed E-state index contributed by atoms with van der Waals surface area (Å²) in [4.78, 5) is 19.7. The summed E-state index contributed by atoms with van der Waals surface area (Å²) in [5.74, 6) is 1.58. The number of aromatic nitrogens is 2. The van der Waals surface area contributed by atoms with Gasteiger partial charge in [-0.3, -0.25) is 0 Å². The Balaban J connectivity index is 1.60. The van der Waals surface area contributed by atoms with Gasteiger partial charge in [0.05, 0.1) is 5.52 Å². The summed E-state index contributed by atoms with van der Waals surface area (Å²) in [5.41, 5.74) is 9.49. The standard InChI is InChI=1S/C21H15BrN4O2/c22-13-4-3-5-14(11-13)24-20-16-10-12(8-9-17(16)25-21(23)26-20)19-15-6-1-2-7-18(15)27-28-19/h1-11,19H,(H3,23,24,25,26). The normalized spacial score (nSPS) is 15.2. The Morgan fingerprint density at radius 2 is 1.86 bits per heavy atom. The minimum absolute atomic E-state index is 0.212. The number of nitrogens with two attached hydrogens (primary N) is 1. The summed E-state index contributed by atoms with van der Waals surface area (Å²) in [6.45, 7) is 0. The van der Waals surface area contributed by atoms with Gasteiger partial charge in [0, 0.05) is 21.1 Å². The van der Waals surface area contributed by atoms with Crippen molar-refractivity contribution in [2.24, 2.45) is 0 Å². The molecular formula is C21H15BrN4O2. The fourth-order valence-corrected chi connectivity index (χ4v) is 3.68. The van der Waals surface area contributed by atoms with Crippen LogP contribution < -0.4 is 15.9 Å². The van der Waals surface area contributed by atoms with Crippen LogP contribution in [0.15, 0.2) is 71.2 Å². The van der Waals surface area contributed by atoms with Crippen molar-refractivity contribution in [2.75, 3.05) is 11.1 Å². The van der Waals surface area contributed by atoms with Gasteiger partial charge in [0.2, 0.25) is 5.95 Å². The summed E-state index contributed by atoms with van der Waals surface area (Å²) in [6.07, 6.45) is -0.308. The Morgan fingerprint density at radius 3 is 2.75 bits per heavy atom. The van der Waals surface area contributed by atoms with E-state index >= 15 is 0 Å². The predicted octanol–water partition coefficient (Wildman–Crippen LogP) is 5.13. The van der Waals surface area contributed by atoms with Crippen molar-refractivity contribution in [1.82, 2.24) is 9.97 Å². The molecule has 1 atom stereocenters. The number of fused-ring (bicyclic) bond motifs is 2. The molecule has 5 rings (SSSR count). The van der Waals surface area contributed by atoms with E-state index in [-0.39, 0.29) is 12.1 Å². The van der Waals surface area contributed by atoms with Crippen molar-refractivity contribution in [3.63, 3.8) is 0 Å². The molecule has 1 aromatic heterocycles. The molecule has 0 amide bonds. The molecule has 0 saturated carbocycles. The van der Waals surface area contributed by atoms with Crippen LogP contribution >= 0.6 is 15.9 Å². The second kappa shape index (κ2) is 6.78. The number of anilines is 3. The van der Waals surface area contributed by atoms with Gasteiger partial charge in [-0.25, -0.2) is 4.98 Å². The lowest BCUT2D eigenvalue weighted by molar-refractivity contribution is -0.212. The highest BCUT2D eigenvalue weighted by atomic mass is 79.9. The Labute approximate surface area is 169 Å². The van der Waals surface area contributed by atoms with Crippen molar-refractivity contribution in [1.29, 1.82) is 0 Å². The van der Waals surface area contributed by atoms with Gasteiger partial charge in [0.15, 0.2) is 11.9 Å². The topological polar surface area (TPSA) is 82.3 Å². The number of nitrogens with zero attached hydrogens (tertiary/aromatic N) is 2. The zero-order valence-corrected chi connectivity index (χ0v) is 16.2. The first kappa shape index (κ1) is 17.0. The molecule has 6 nitrogen and oxygen atoms in total. The van der Waals surface area contributed by atoms with Crippen LogP contribution in [-0.2, 0) is 4.89 Å². The molecule has 7 heteroatoms. The van der Waals surface area contributed by atoms with Gasteiger partial charge in [-0.15, -0.1) is 0 Å². The molecule has 1 aliphatic heterocycles. The summed E-state index contributed by atoms with van der Waals surface area (Å²) in [6, 6.07) is 21.5. The third kappa shape index (κ3) is 3.04. The third-order valence-electron chi connectivity index (χ3n) is 4.56. The van der Waals surface area contributed by atoms with Crippen molar-refractivity contribution in [3.8, 4) is 5.75 Å². The van der Waals surface area contributed by atoms with Crippen molar-refractivity contribution in [2.45, 2.75) is 6.10 Å². The van der Waals surface area contributed by atoms with E-state index in [1.807, 2.05) is 66.7 Å². The molecule has 3 N–H and O–H groups in total. The highest BCUT2D eigenvalue weighted by Crippen LogP contribution is 2.40. The molecule has 138 valence electrons. The highest BCUT2D eigenvalue weighted by molar-refractivity contribution is 9.10. The molecule has 0 radical (unpaired) electrons. The lowest BCUT2D eigenvalue weighted by Crippen LogP contribution is -2.04. The molecule has 0 spiro atoms. The lowest BCUT2D eigenvalue weighted by Gasteiger charge is -2.13. The van der Waals surface area contributed by atoms with Crippen LogP contribution in [0.25, 0.3) is 10.9 Å². The van der Waals surface area contributed by atoms with Crippen LogP contribution in [-0.4, -0.2) is 9.97 Å². The number of rotatable bonds is 3. The number of hydrogen-bond acceptors (Lipinski definition) is 6. The van der Waals surface area contributed by atoms with Crippen molar-refractivity contribution >= 4 is 44.3 Å². The molecule has 1 unspecified atom stereocenters. The van der Waals surface area contributed by atoms with Gasteiger partial charge in [0.25, 0.3) is 0 Å². The van der Waals surface area contributed by atoms with E-state index in [0.717, 1.165) is 37.9 Å². The lowest BCUT2D eigenvalue weighted by atomic mass is 9.99. The number of hydrogen-bond donors (Lipinski definition) is 2. The average Bonchev–Trinajstić information content (AvgIpc) is 3.12. The molecule has 0 aliphatic carbocycles. The maximum atomic E-state index is 5.92. The van der Waals surface area contributed by atoms with Crippen molar-refractivity contribution < 1.29 is 9.78 Å².